The number of nitrogens with one attached hydrogen (secondary N) is 1. The summed E-state index contributed by atoms with van der Waals surface area (Å²) in [5, 5.41) is 5.28. The summed E-state index contributed by atoms with van der Waals surface area (Å²) in [4.78, 5) is 32.1. The number of methoxy groups -OCH3 is 1. The van der Waals surface area contributed by atoms with Crippen LogP contribution in [0.3, 0.4) is 0 Å². The van der Waals surface area contributed by atoms with Gasteiger partial charge in [-0.25, -0.2) is 22.8 Å². The van der Waals surface area contributed by atoms with E-state index in [4.69, 9.17) is 9.72 Å². The fraction of sp³-hybridized carbons (Fsp3) is 0.500. The molecular weight excluding hydrogens is 597 g/mol. The number of sulfone groups is 1. The Morgan fingerprint density at radius 1 is 1.07 bits per heavy atom. The number of hydrogen-bond donors (Lipinski definition) is 1. The maximum absolute atomic E-state index is 14.6. The molecule has 3 aliphatic rings. The fourth-order valence-corrected chi connectivity index (χ4v) is 7.73. The highest BCUT2D eigenvalue weighted by Crippen LogP contribution is 2.39. The Labute approximate surface area is 263 Å². The first-order valence-electron chi connectivity index (χ1n) is 15.2. The van der Waals surface area contributed by atoms with Gasteiger partial charge in [0.2, 0.25) is 5.95 Å². The number of ether oxygens (including phenoxy) is 1. The first kappa shape index (κ1) is 31.0. The minimum Gasteiger partial charge on any atom is -0.378 e. The van der Waals surface area contributed by atoms with E-state index in [0.29, 0.717) is 56.7 Å². The van der Waals surface area contributed by atoms with Crippen LogP contribution in [0, 0.1) is 17.8 Å². The van der Waals surface area contributed by atoms with E-state index in [1.54, 1.807) is 24.1 Å². The molecule has 1 amide bonds. The van der Waals surface area contributed by atoms with Gasteiger partial charge in [-0.15, -0.1) is 0 Å². The third-order valence-electron chi connectivity index (χ3n) is 8.86. The van der Waals surface area contributed by atoms with Crippen molar-refractivity contribution in [3.63, 3.8) is 0 Å². The zero-order valence-electron chi connectivity index (χ0n) is 25.7. The standard InChI is InChI=1S/C32H38FN7O4S/c1-4-5-31(41)38-12-9-22(18-38)23-6-7-27(40-16-21(17-40)20-45(3,42)43)25-15-35-30(14-24(23)25)36-29-8-11-34-32(37-29)39-13-10-28(44-2)26(33)19-39/h6-8,11,14-15,21-22,26,28H,9-10,12-13,16-20H2,1-3H3,(H,34,35,36,37)/t22-,26+,28-/m1/s1. The molecule has 0 bridgehead atoms. The fourth-order valence-electron chi connectivity index (χ4n) is 6.66. The molecule has 1 N–H and O–H groups in total. The van der Waals surface area contributed by atoms with Gasteiger partial charge >= 0.3 is 0 Å². The van der Waals surface area contributed by atoms with E-state index >= 15 is 0 Å². The first-order chi connectivity index (χ1) is 21.6. The Kier molecular flexibility index (Phi) is 8.79. The van der Waals surface area contributed by atoms with Crippen molar-refractivity contribution in [3.8, 4) is 11.8 Å². The van der Waals surface area contributed by atoms with Gasteiger partial charge in [0.05, 0.1) is 18.4 Å². The van der Waals surface area contributed by atoms with E-state index in [2.05, 4.69) is 44.2 Å². The van der Waals surface area contributed by atoms with E-state index < -0.39 is 22.1 Å². The minimum absolute atomic E-state index is 0.0950. The molecule has 3 saturated heterocycles. The molecule has 11 nitrogen and oxygen atoms in total. The van der Waals surface area contributed by atoms with Crippen molar-refractivity contribution < 1.29 is 22.3 Å². The van der Waals surface area contributed by atoms with Crippen molar-refractivity contribution in [1.82, 2.24) is 19.9 Å². The summed E-state index contributed by atoms with van der Waals surface area (Å²) in [6.07, 6.45) is 4.59. The summed E-state index contributed by atoms with van der Waals surface area (Å²) in [5.74, 6) is 7.16. The Bertz CT molecular complexity index is 1760. The Hall–Kier alpha value is -4.02. The van der Waals surface area contributed by atoms with Crippen molar-refractivity contribution >= 4 is 49.8 Å². The molecule has 13 heteroatoms. The maximum Gasteiger partial charge on any atom is 0.298 e. The van der Waals surface area contributed by atoms with E-state index in [1.807, 2.05) is 17.2 Å². The number of piperidine rings is 1. The normalized spacial score (nSPS) is 22.2. The number of carbonyl (C=O) groups is 1. The Morgan fingerprint density at radius 2 is 1.89 bits per heavy atom. The van der Waals surface area contributed by atoms with Crippen LogP contribution in [0.25, 0.3) is 10.8 Å². The number of alkyl halides is 1. The van der Waals surface area contributed by atoms with Gasteiger partial charge in [-0.05, 0) is 54.8 Å². The lowest BCUT2D eigenvalue weighted by atomic mass is 9.91. The summed E-state index contributed by atoms with van der Waals surface area (Å²) in [6.45, 7) is 4.96. The van der Waals surface area contributed by atoms with Gasteiger partial charge in [0.1, 0.15) is 27.6 Å². The number of pyridine rings is 1. The van der Waals surface area contributed by atoms with Crippen LogP contribution in [0.15, 0.2) is 36.7 Å². The predicted molar refractivity (Wildman–Crippen MR) is 172 cm³/mol. The van der Waals surface area contributed by atoms with Crippen molar-refractivity contribution in [2.75, 3.05) is 73.5 Å². The third-order valence-corrected chi connectivity index (χ3v) is 9.94. The van der Waals surface area contributed by atoms with Gasteiger partial charge in [-0.1, -0.05) is 12.0 Å². The average Bonchev–Trinajstić information content (AvgIpc) is 3.48. The molecule has 0 spiro atoms. The second-order valence-electron chi connectivity index (χ2n) is 12.2. The van der Waals surface area contributed by atoms with Crippen LogP contribution < -0.4 is 15.1 Å². The van der Waals surface area contributed by atoms with Crippen LogP contribution in [-0.2, 0) is 19.4 Å². The van der Waals surface area contributed by atoms with Gasteiger partial charge in [0.25, 0.3) is 5.91 Å². The summed E-state index contributed by atoms with van der Waals surface area (Å²) >= 11 is 0. The predicted octanol–water partition coefficient (Wildman–Crippen LogP) is 3.15. The van der Waals surface area contributed by atoms with Crippen molar-refractivity contribution in [2.24, 2.45) is 5.92 Å². The second kappa shape index (κ2) is 12.8. The Balaban J connectivity index is 1.28. The van der Waals surface area contributed by atoms with Gasteiger partial charge in [0, 0.05) is 81.4 Å². The molecule has 3 aliphatic heterocycles. The molecule has 3 atom stereocenters. The maximum atomic E-state index is 14.6. The number of rotatable bonds is 8. The zero-order valence-corrected chi connectivity index (χ0v) is 26.6. The molecule has 3 aromatic rings. The topological polar surface area (TPSA) is 121 Å². The van der Waals surface area contributed by atoms with Crippen LogP contribution in [0.1, 0.15) is 31.2 Å². The molecule has 0 saturated carbocycles. The molecular formula is C32H38FN7O4S. The summed E-state index contributed by atoms with van der Waals surface area (Å²) < 4.78 is 43.5. The number of amides is 1. The lowest BCUT2D eigenvalue weighted by Crippen LogP contribution is -2.49. The lowest BCUT2D eigenvalue weighted by molar-refractivity contribution is -0.124. The summed E-state index contributed by atoms with van der Waals surface area (Å²) in [7, 11) is -1.52. The van der Waals surface area contributed by atoms with Gasteiger partial charge in [0.15, 0.2) is 0 Å². The van der Waals surface area contributed by atoms with Gasteiger partial charge < -0.3 is 24.8 Å². The quantitative estimate of drug-likeness (QED) is 0.370. The number of nitrogens with zero attached hydrogens (tertiary/aromatic N) is 6. The zero-order chi connectivity index (χ0) is 31.7. The molecule has 1 aromatic carbocycles. The number of hydrogen-bond acceptors (Lipinski definition) is 10. The molecule has 2 aromatic heterocycles. The molecule has 238 valence electrons. The van der Waals surface area contributed by atoms with E-state index in [1.165, 1.54) is 13.4 Å². The number of carbonyl (C=O) groups excluding carboxylic acids is 1. The highest BCUT2D eigenvalue weighted by Gasteiger charge is 2.33. The van der Waals surface area contributed by atoms with E-state index in [0.717, 1.165) is 28.4 Å². The molecule has 5 heterocycles. The van der Waals surface area contributed by atoms with Crippen LogP contribution >= 0.6 is 0 Å². The highest BCUT2D eigenvalue weighted by molar-refractivity contribution is 7.90. The average molecular weight is 636 g/mol. The summed E-state index contributed by atoms with van der Waals surface area (Å²) in [6, 6.07) is 7.96. The SMILES string of the molecule is CC#CC(=O)N1CC[C@@H](c2ccc(N3CC(CS(C)(=O)=O)C3)c3cnc(Nc4ccnc(N5CC[C@@H](OC)[C@@H](F)C5)n4)cc23)C1. The smallest absolute Gasteiger partial charge is 0.298 e. The second-order valence-corrected chi connectivity index (χ2v) is 14.3. The first-order valence-corrected chi connectivity index (χ1v) is 17.3. The van der Waals surface area contributed by atoms with Crippen molar-refractivity contribution in [2.45, 2.75) is 38.0 Å². The van der Waals surface area contributed by atoms with Crippen LogP contribution in [-0.4, -0.2) is 105 Å². The monoisotopic (exact) mass is 635 g/mol. The molecule has 0 radical (unpaired) electrons. The number of halogens is 1. The van der Waals surface area contributed by atoms with Crippen LogP contribution in [0.2, 0.25) is 0 Å². The molecule has 45 heavy (non-hydrogen) atoms. The molecule has 3 fully saturated rings. The number of anilines is 4. The molecule has 0 aliphatic carbocycles. The van der Waals surface area contributed by atoms with Crippen LogP contribution in [0.5, 0.6) is 0 Å². The number of likely N-dealkylation sites (tertiary alicyclic amines) is 1. The van der Waals surface area contributed by atoms with Crippen molar-refractivity contribution in [3.05, 3.63) is 42.2 Å². The summed E-state index contributed by atoms with van der Waals surface area (Å²) in [5.41, 5.74) is 2.12. The lowest BCUT2D eigenvalue weighted by Gasteiger charge is -2.41. The van der Waals surface area contributed by atoms with E-state index in [-0.39, 0.29) is 30.0 Å². The number of fused-ring (bicyclic) bond motifs is 1. The third kappa shape index (κ3) is 6.82. The highest BCUT2D eigenvalue weighted by atomic mass is 32.2. The number of aromatic nitrogens is 3. The van der Waals surface area contributed by atoms with Crippen molar-refractivity contribution in [1.29, 1.82) is 0 Å². The van der Waals surface area contributed by atoms with Gasteiger partial charge in [-0.2, -0.15) is 4.98 Å². The largest absolute Gasteiger partial charge is 0.378 e. The molecule has 0 unspecified atom stereocenters. The Morgan fingerprint density at radius 3 is 2.62 bits per heavy atom. The number of benzene rings is 1. The molecule has 6 rings (SSSR count). The van der Waals surface area contributed by atoms with E-state index in [9.17, 15) is 17.6 Å². The van der Waals surface area contributed by atoms with Gasteiger partial charge in [-0.3, -0.25) is 4.79 Å². The minimum atomic E-state index is -3.05. The van der Waals surface area contributed by atoms with Crippen LogP contribution in [0.4, 0.5) is 27.7 Å².